The molecule has 0 spiro atoms. The number of para-hydroxylation sites is 1. The predicted octanol–water partition coefficient (Wildman–Crippen LogP) is 5.11. The highest BCUT2D eigenvalue weighted by atomic mass is 19.1. The summed E-state index contributed by atoms with van der Waals surface area (Å²) in [6.45, 7) is 7.00. The van der Waals surface area contributed by atoms with Gasteiger partial charge >= 0.3 is 0 Å². The minimum Gasteiger partial charge on any atom is -0.457 e. The molecule has 13 heteroatoms. The van der Waals surface area contributed by atoms with Crippen LogP contribution in [0.15, 0.2) is 78.9 Å². The lowest BCUT2D eigenvalue weighted by molar-refractivity contribution is -0.128. The van der Waals surface area contributed by atoms with Crippen LogP contribution in [0.5, 0.6) is 11.5 Å². The maximum absolute atomic E-state index is 15.7. The molecule has 5 aromatic rings. The second-order valence-corrected chi connectivity index (χ2v) is 12.6. The number of nitrogen functional groups attached to an aromatic ring is 1. The third-order valence-corrected chi connectivity index (χ3v) is 9.13. The van der Waals surface area contributed by atoms with Gasteiger partial charge in [0.15, 0.2) is 5.65 Å². The van der Waals surface area contributed by atoms with Gasteiger partial charge in [0.05, 0.1) is 18.0 Å². The fourth-order valence-corrected chi connectivity index (χ4v) is 6.58. The summed E-state index contributed by atoms with van der Waals surface area (Å²) in [5.74, 6) is 1.19. The van der Waals surface area contributed by atoms with Crippen LogP contribution in [0.4, 0.5) is 10.2 Å². The smallest absolute Gasteiger partial charge is 0.264 e. The van der Waals surface area contributed by atoms with E-state index >= 15 is 4.39 Å². The molecular formula is C35H35FN10O2. The molecular weight excluding hydrogens is 611 g/mol. The van der Waals surface area contributed by atoms with Crippen molar-refractivity contribution in [3.05, 3.63) is 90.5 Å². The molecule has 48 heavy (non-hydrogen) atoms. The number of piperidine rings is 1. The molecule has 244 valence electrons. The molecule has 7 rings (SSSR count). The zero-order valence-corrected chi connectivity index (χ0v) is 26.8. The maximum atomic E-state index is 15.7. The predicted molar refractivity (Wildman–Crippen MR) is 177 cm³/mol. The summed E-state index contributed by atoms with van der Waals surface area (Å²) in [7, 11) is 0. The molecule has 1 saturated heterocycles. The first kappa shape index (κ1) is 31.0. The zero-order valence-electron chi connectivity index (χ0n) is 26.8. The number of nitrogens with zero attached hydrogens (tertiary/aromatic N) is 9. The second kappa shape index (κ2) is 12.5. The average molecular weight is 647 g/mol. The van der Waals surface area contributed by atoms with Crippen molar-refractivity contribution in [1.82, 2.24) is 39.1 Å². The Bertz CT molecular complexity index is 2060. The van der Waals surface area contributed by atoms with E-state index in [1.54, 1.807) is 46.1 Å². The lowest BCUT2D eigenvalue weighted by Crippen LogP contribution is -2.47. The van der Waals surface area contributed by atoms with Crippen LogP contribution in [0.1, 0.15) is 38.6 Å². The van der Waals surface area contributed by atoms with Gasteiger partial charge < -0.3 is 19.9 Å². The molecule has 5 heterocycles. The number of carbonyl (C=O) groups is 1. The number of nitriles is 1. The Morgan fingerprint density at radius 3 is 2.73 bits per heavy atom. The molecule has 3 aromatic heterocycles. The third kappa shape index (κ3) is 5.86. The Kier molecular flexibility index (Phi) is 8.10. The molecule has 0 radical (unpaired) electrons. The number of likely N-dealkylation sites (tertiary alicyclic amines) is 1. The van der Waals surface area contributed by atoms with E-state index in [9.17, 15) is 10.1 Å². The Labute approximate surface area is 276 Å². The van der Waals surface area contributed by atoms with Crippen molar-refractivity contribution in [3.8, 4) is 28.8 Å². The molecule has 1 atom stereocenters. The summed E-state index contributed by atoms with van der Waals surface area (Å²) in [4.78, 5) is 30.8. The molecule has 2 aliphatic heterocycles. The quantitative estimate of drug-likeness (QED) is 0.188. The topological polar surface area (TPSA) is 144 Å². The molecule has 1 amide bonds. The summed E-state index contributed by atoms with van der Waals surface area (Å²) < 4.78 is 25.3. The molecule has 2 aromatic carbocycles. The monoisotopic (exact) mass is 646 g/mol. The fourth-order valence-electron chi connectivity index (χ4n) is 6.58. The van der Waals surface area contributed by atoms with Gasteiger partial charge in [-0.15, -0.1) is 0 Å². The van der Waals surface area contributed by atoms with Gasteiger partial charge in [-0.05, 0) is 57.0 Å². The van der Waals surface area contributed by atoms with E-state index < -0.39 is 11.4 Å². The van der Waals surface area contributed by atoms with Crippen molar-refractivity contribution in [2.45, 2.75) is 51.4 Å². The highest BCUT2D eigenvalue weighted by Crippen LogP contribution is 2.36. The highest BCUT2D eigenvalue weighted by Gasteiger charge is 2.34. The van der Waals surface area contributed by atoms with Crippen molar-refractivity contribution < 1.29 is 13.9 Å². The molecule has 0 bridgehead atoms. The number of fused-ring (bicyclic) bond motifs is 2. The van der Waals surface area contributed by atoms with E-state index in [-0.39, 0.29) is 28.9 Å². The number of anilines is 1. The van der Waals surface area contributed by atoms with Crippen molar-refractivity contribution in [3.63, 3.8) is 0 Å². The molecule has 2 aliphatic rings. The van der Waals surface area contributed by atoms with E-state index in [0.29, 0.717) is 60.7 Å². The summed E-state index contributed by atoms with van der Waals surface area (Å²) in [6.07, 6.45) is 8.26. The van der Waals surface area contributed by atoms with Crippen LogP contribution in [0, 0.1) is 17.1 Å². The number of aromatic nitrogens is 6. The van der Waals surface area contributed by atoms with E-state index in [1.807, 2.05) is 38.2 Å². The van der Waals surface area contributed by atoms with Crippen molar-refractivity contribution in [2.24, 2.45) is 0 Å². The zero-order chi connectivity index (χ0) is 33.4. The fraction of sp³-hybridized carbons (Fsp3) is 0.314. The van der Waals surface area contributed by atoms with Crippen LogP contribution in [0.3, 0.4) is 0 Å². The summed E-state index contributed by atoms with van der Waals surface area (Å²) in [5.41, 5.74) is 6.83. The van der Waals surface area contributed by atoms with Gasteiger partial charge in [-0.1, -0.05) is 18.2 Å². The van der Waals surface area contributed by atoms with Crippen molar-refractivity contribution in [2.75, 3.05) is 25.4 Å². The molecule has 1 fully saturated rings. The van der Waals surface area contributed by atoms with Gasteiger partial charge in [0.25, 0.3) is 5.91 Å². The largest absolute Gasteiger partial charge is 0.457 e. The molecule has 1 unspecified atom stereocenters. The first-order valence-electron chi connectivity index (χ1n) is 15.9. The number of amides is 1. The van der Waals surface area contributed by atoms with Gasteiger partial charge in [-0.3, -0.25) is 9.69 Å². The third-order valence-electron chi connectivity index (χ3n) is 9.13. The number of hydrogen-bond acceptors (Lipinski definition) is 9. The van der Waals surface area contributed by atoms with Crippen LogP contribution in [-0.4, -0.2) is 70.2 Å². The first-order chi connectivity index (χ1) is 23.2. The number of halogens is 1. The number of carbonyl (C=O) groups excluding carboxylic acids is 1. The van der Waals surface area contributed by atoms with Crippen molar-refractivity contribution in [1.29, 1.82) is 5.26 Å². The number of imidazole rings is 1. The van der Waals surface area contributed by atoms with Crippen LogP contribution in [0.25, 0.3) is 22.3 Å². The number of ether oxygens (including phenoxy) is 1. The Balaban J connectivity index is 1.15. The maximum Gasteiger partial charge on any atom is 0.264 e. The molecule has 2 N–H and O–H groups in total. The van der Waals surface area contributed by atoms with Gasteiger partial charge in [0.1, 0.15) is 52.6 Å². The number of benzene rings is 2. The summed E-state index contributed by atoms with van der Waals surface area (Å²) >= 11 is 0. The van der Waals surface area contributed by atoms with Crippen LogP contribution in [-0.2, 0) is 17.9 Å². The number of rotatable bonds is 7. The minimum absolute atomic E-state index is 0.0898. The van der Waals surface area contributed by atoms with E-state index in [1.165, 1.54) is 12.4 Å². The average Bonchev–Trinajstić information content (AvgIpc) is 3.73. The van der Waals surface area contributed by atoms with Gasteiger partial charge in [-0.25, -0.2) is 24.0 Å². The standard InChI is InChI=1S/C35H35FN10O2/c1-35(2,45-16-15-43-14-12-39-29(43)21-45)18-23(19-37)34(47)44-13-6-7-24(20-44)46-33-30(32(38)40-22-41-33)31(42-46)27-11-10-26(17-28(27)36)48-25-8-4-3-5-9-25/h3-5,8-12,14,17-18,22,24H,6-7,13,15-16,20-21H2,1-2H3,(H2,38,40,41). The van der Waals surface area contributed by atoms with Gasteiger partial charge in [-0.2, -0.15) is 10.4 Å². The Hall–Kier alpha value is -5.61. The number of hydrogen-bond donors (Lipinski definition) is 1. The molecule has 0 aliphatic carbocycles. The normalized spacial score (nSPS) is 17.2. The molecule has 0 saturated carbocycles. The van der Waals surface area contributed by atoms with E-state index in [0.717, 1.165) is 18.9 Å². The molecule has 12 nitrogen and oxygen atoms in total. The highest BCUT2D eigenvalue weighted by molar-refractivity contribution is 5.99. The lowest BCUT2D eigenvalue weighted by Gasteiger charge is -2.39. The Morgan fingerprint density at radius 1 is 1.10 bits per heavy atom. The number of nitrogens with two attached hydrogens (primary N) is 1. The van der Waals surface area contributed by atoms with Crippen LogP contribution < -0.4 is 10.5 Å². The SMILES string of the molecule is CC(C)(C=C(C#N)C(=O)N1CCCC(n2nc(-c3ccc(Oc4ccccc4)cc3F)c3c(N)ncnc32)C1)N1CCn2ccnc2C1. The van der Waals surface area contributed by atoms with Crippen molar-refractivity contribution >= 4 is 22.8 Å². The van der Waals surface area contributed by atoms with Gasteiger partial charge in [0.2, 0.25) is 0 Å². The Morgan fingerprint density at radius 2 is 1.94 bits per heavy atom. The minimum atomic E-state index is -0.555. The second-order valence-electron chi connectivity index (χ2n) is 12.6. The van der Waals surface area contributed by atoms with Gasteiger partial charge in [0, 0.05) is 55.7 Å². The van der Waals surface area contributed by atoms with Crippen LogP contribution in [0.2, 0.25) is 0 Å². The lowest BCUT2D eigenvalue weighted by atomic mass is 9.97. The first-order valence-corrected chi connectivity index (χ1v) is 15.9. The van der Waals surface area contributed by atoms with E-state index in [2.05, 4.69) is 30.5 Å². The van der Waals surface area contributed by atoms with Crippen LogP contribution >= 0.6 is 0 Å². The van der Waals surface area contributed by atoms with E-state index in [4.69, 9.17) is 15.6 Å². The summed E-state index contributed by atoms with van der Waals surface area (Å²) in [6, 6.07) is 15.6. The summed E-state index contributed by atoms with van der Waals surface area (Å²) in [5, 5.41) is 15.4.